The van der Waals surface area contributed by atoms with Crippen molar-refractivity contribution in [3.63, 3.8) is 0 Å². The predicted octanol–water partition coefficient (Wildman–Crippen LogP) is 1.88. The summed E-state index contributed by atoms with van der Waals surface area (Å²) in [5, 5.41) is 0. The molecule has 2 aliphatic rings. The Morgan fingerprint density at radius 1 is 1.44 bits per heavy atom. The second-order valence-corrected chi connectivity index (χ2v) is 3.30. The first kappa shape index (κ1) is 5.45. The number of hydrogen-bond acceptors (Lipinski definition) is 1. The van der Waals surface area contributed by atoms with E-state index in [9.17, 15) is 0 Å². The van der Waals surface area contributed by atoms with Crippen molar-refractivity contribution in [2.75, 3.05) is 7.05 Å². The third kappa shape index (κ3) is 0.707. The zero-order chi connectivity index (χ0) is 6.27. The molecule has 0 aliphatic heterocycles. The van der Waals surface area contributed by atoms with Gasteiger partial charge in [-0.1, -0.05) is 0 Å². The standard InChI is InChI=1S/C8H13N/c1-9-8-5-6-2-3-7(8)4-6/h6-7H,2-5H2,1H3. The van der Waals surface area contributed by atoms with E-state index in [0.29, 0.717) is 0 Å². The van der Waals surface area contributed by atoms with E-state index in [1.807, 2.05) is 7.05 Å². The highest BCUT2D eigenvalue weighted by Crippen LogP contribution is 2.42. The lowest BCUT2D eigenvalue weighted by Gasteiger charge is -2.09. The quantitative estimate of drug-likeness (QED) is 0.466. The third-order valence-electron chi connectivity index (χ3n) is 2.80. The Morgan fingerprint density at radius 2 is 2.33 bits per heavy atom. The fourth-order valence-corrected chi connectivity index (χ4v) is 2.30. The van der Waals surface area contributed by atoms with E-state index in [0.717, 1.165) is 11.8 Å². The summed E-state index contributed by atoms with van der Waals surface area (Å²) in [6, 6.07) is 0. The molecule has 0 aromatic heterocycles. The molecule has 2 fully saturated rings. The lowest BCUT2D eigenvalue weighted by atomic mass is 9.99. The second-order valence-electron chi connectivity index (χ2n) is 3.30. The Kier molecular flexibility index (Phi) is 1.11. The average molecular weight is 123 g/mol. The van der Waals surface area contributed by atoms with Gasteiger partial charge in [0, 0.05) is 12.8 Å². The second kappa shape index (κ2) is 1.83. The molecule has 0 aromatic carbocycles. The van der Waals surface area contributed by atoms with Gasteiger partial charge in [-0.3, -0.25) is 4.99 Å². The molecule has 0 N–H and O–H groups in total. The van der Waals surface area contributed by atoms with Crippen molar-refractivity contribution in [3.8, 4) is 0 Å². The summed E-state index contributed by atoms with van der Waals surface area (Å²) >= 11 is 0. The number of nitrogens with zero attached hydrogens (tertiary/aromatic N) is 1. The summed E-state index contributed by atoms with van der Waals surface area (Å²) in [5.74, 6) is 1.92. The molecule has 1 nitrogen and oxygen atoms in total. The number of hydrogen-bond donors (Lipinski definition) is 0. The highest BCUT2D eigenvalue weighted by molar-refractivity contribution is 5.89. The Balaban J connectivity index is 2.18. The number of rotatable bonds is 0. The topological polar surface area (TPSA) is 12.4 Å². The number of fused-ring (bicyclic) bond motifs is 2. The zero-order valence-corrected chi connectivity index (χ0v) is 5.93. The van der Waals surface area contributed by atoms with Gasteiger partial charge in [-0.25, -0.2) is 0 Å². The summed E-state index contributed by atoms with van der Waals surface area (Å²) in [4.78, 5) is 4.29. The van der Waals surface area contributed by atoms with Gasteiger partial charge in [-0.2, -0.15) is 0 Å². The first-order valence-electron chi connectivity index (χ1n) is 3.85. The Morgan fingerprint density at radius 3 is 2.67 bits per heavy atom. The maximum Gasteiger partial charge on any atom is 0.0276 e. The minimum atomic E-state index is 0.903. The molecule has 1 heteroatoms. The molecule has 0 spiro atoms. The van der Waals surface area contributed by atoms with Crippen LogP contribution in [0, 0.1) is 11.8 Å². The summed E-state index contributed by atoms with van der Waals surface area (Å²) < 4.78 is 0. The minimum Gasteiger partial charge on any atom is -0.297 e. The van der Waals surface area contributed by atoms with Crippen LogP contribution in [0.3, 0.4) is 0 Å². The lowest BCUT2D eigenvalue weighted by Crippen LogP contribution is -2.08. The molecule has 0 saturated heterocycles. The van der Waals surface area contributed by atoms with Gasteiger partial charge >= 0.3 is 0 Å². The van der Waals surface area contributed by atoms with Crippen LogP contribution in [-0.2, 0) is 0 Å². The molecule has 0 heterocycles. The molecule has 2 aliphatic carbocycles. The molecule has 0 amide bonds. The SMILES string of the molecule is CN=C1CC2CCC1C2. The molecule has 2 unspecified atom stereocenters. The fraction of sp³-hybridized carbons (Fsp3) is 0.875. The number of aliphatic imine (C=N–C) groups is 1. The predicted molar refractivity (Wildman–Crippen MR) is 38.8 cm³/mol. The molecule has 2 saturated carbocycles. The zero-order valence-electron chi connectivity index (χ0n) is 5.93. The van der Waals surface area contributed by atoms with E-state index in [4.69, 9.17) is 0 Å². The van der Waals surface area contributed by atoms with Gasteiger partial charge in [-0.05, 0) is 37.5 Å². The highest BCUT2D eigenvalue weighted by atomic mass is 14.7. The summed E-state index contributed by atoms with van der Waals surface area (Å²) in [6.45, 7) is 0. The van der Waals surface area contributed by atoms with Crippen LogP contribution in [0.15, 0.2) is 4.99 Å². The monoisotopic (exact) mass is 123 g/mol. The van der Waals surface area contributed by atoms with Crippen LogP contribution in [0.1, 0.15) is 25.7 Å². The van der Waals surface area contributed by atoms with Crippen LogP contribution in [0.4, 0.5) is 0 Å². The van der Waals surface area contributed by atoms with Gasteiger partial charge in [0.05, 0.1) is 0 Å². The highest BCUT2D eigenvalue weighted by Gasteiger charge is 2.35. The van der Waals surface area contributed by atoms with Crippen LogP contribution >= 0.6 is 0 Å². The van der Waals surface area contributed by atoms with Crippen LogP contribution < -0.4 is 0 Å². The van der Waals surface area contributed by atoms with E-state index in [1.165, 1.54) is 31.4 Å². The van der Waals surface area contributed by atoms with Gasteiger partial charge in [-0.15, -0.1) is 0 Å². The van der Waals surface area contributed by atoms with Crippen LogP contribution in [0.5, 0.6) is 0 Å². The summed E-state index contributed by atoms with van der Waals surface area (Å²) in [5.41, 5.74) is 1.51. The van der Waals surface area contributed by atoms with Crippen LogP contribution in [0.2, 0.25) is 0 Å². The summed E-state index contributed by atoms with van der Waals surface area (Å²) in [6.07, 6.45) is 5.68. The van der Waals surface area contributed by atoms with Crippen LogP contribution in [0.25, 0.3) is 0 Å². The summed E-state index contributed by atoms with van der Waals surface area (Å²) in [7, 11) is 1.94. The maximum atomic E-state index is 4.29. The first-order chi connectivity index (χ1) is 4.40. The van der Waals surface area contributed by atoms with Gasteiger partial charge in [0.2, 0.25) is 0 Å². The molecule has 0 aromatic rings. The van der Waals surface area contributed by atoms with Gasteiger partial charge < -0.3 is 0 Å². The van der Waals surface area contributed by atoms with Crippen molar-refractivity contribution < 1.29 is 0 Å². The van der Waals surface area contributed by atoms with Gasteiger partial charge in [0.25, 0.3) is 0 Å². The van der Waals surface area contributed by atoms with E-state index in [1.54, 1.807) is 0 Å². The van der Waals surface area contributed by atoms with Crippen molar-refractivity contribution in [2.24, 2.45) is 16.8 Å². The van der Waals surface area contributed by atoms with E-state index < -0.39 is 0 Å². The van der Waals surface area contributed by atoms with Crippen molar-refractivity contribution in [1.82, 2.24) is 0 Å². The molecule has 9 heavy (non-hydrogen) atoms. The third-order valence-corrected chi connectivity index (χ3v) is 2.80. The Labute approximate surface area is 56.2 Å². The molecule has 2 bridgehead atoms. The lowest BCUT2D eigenvalue weighted by molar-refractivity contribution is 0.591. The van der Waals surface area contributed by atoms with E-state index in [2.05, 4.69) is 4.99 Å². The van der Waals surface area contributed by atoms with Crippen molar-refractivity contribution in [3.05, 3.63) is 0 Å². The molecule has 0 radical (unpaired) electrons. The van der Waals surface area contributed by atoms with Crippen molar-refractivity contribution >= 4 is 5.71 Å². The van der Waals surface area contributed by atoms with E-state index >= 15 is 0 Å². The molecule has 2 atom stereocenters. The molecular formula is C8H13N. The Hall–Kier alpha value is -0.330. The van der Waals surface area contributed by atoms with Crippen molar-refractivity contribution in [2.45, 2.75) is 25.7 Å². The van der Waals surface area contributed by atoms with E-state index in [-0.39, 0.29) is 0 Å². The van der Waals surface area contributed by atoms with Crippen LogP contribution in [-0.4, -0.2) is 12.8 Å². The van der Waals surface area contributed by atoms with Gasteiger partial charge in [0.15, 0.2) is 0 Å². The molecule has 2 rings (SSSR count). The Bertz CT molecular complexity index is 149. The normalized spacial score (nSPS) is 44.8. The average Bonchev–Trinajstić information content (AvgIpc) is 2.45. The molecular weight excluding hydrogens is 110 g/mol. The largest absolute Gasteiger partial charge is 0.297 e. The maximum absolute atomic E-state index is 4.29. The smallest absolute Gasteiger partial charge is 0.0276 e. The van der Waals surface area contributed by atoms with Crippen molar-refractivity contribution in [1.29, 1.82) is 0 Å². The van der Waals surface area contributed by atoms with Gasteiger partial charge in [0.1, 0.15) is 0 Å². The molecule has 50 valence electrons. The first-order valence-corrected chi connectivity index (χ1v) is 3.85. The minimum absolute atomic E-state index is 0.903. The fourth-order valence-electron chi connectivity index (χ4n) is 2.30.